The number of benzene rings is 2. The summed E-state index contributed by atoms with van der Waals surface area (Å²) < 4.78 is 27.8. The number of carbonyl (C=O) groups excluding carboxylic acids is 1. The molecular formula is C20H23N3O3S. The van der Waals surface area contributed by atoms with E-state index in [0.717, 1.165) is 11.1 Å². The Kier molecular flexibility index (Phi) is 7.11. The molecule has 2 N–H and O–H groups in total. The van der Waals surface area contributed by atoms with E-state index in [2.05, 4.69) is 10.0 Å². The van der Waals surface area contributed by atoms with Crippen LogP contribution in [0.25, 0.3) is 11.1 Å². The summed E-state index contributed by atoms with van der Waals surface area (Å²) >= 11 is 0. The van der Waals surface area contributed by atoms with Gasteiger partial charge in [0, 0.05) is 0 Å². The van der Waals surface area contributed by atoms with E-state index in [1.165, 1.54) is 12.1 Å². The third-order valence-electron chi connectivity index (χ3n) is 3.93. The summed E-state index contributed by atoms with van der Waals surface area (Å²) in [6.07, 6.45) is 0.332. The smallest absolute Gasteiger partial charge is 0.241 e. The molecule has 7 heteroatoms. The van der Waals surface area contributed by atoms with Gasteiger partial charge in [0.2, 0.25) is 15.9 Å². The Morgan fingerprint density at radius 3 is 2.19 bits per heavy atom. The molecule has 0 bridgehead atoms. The first-order valence-corrected chi connectivity index (χ1v) is 10.1. The van der Waals surface area contributed by atoms with Crippen molar-refractivity contribution in [1.82, 2.24) is 10.0 Å². The zero-order valence-corrected chi connectivity index (χ0v) is 16.2. The number of sulfonamides is 1. The maximum atomic E-state index is 12.7. The molecule has 0 saturated heterocycles. The van der Waals surface area contributed by atoms with E-state index in [-0.39, 0.29) is 17.4 Å². The van der Waals surface area contributed by atoms with Crippen LogP contribution in [0.2, 0.25) is 0 Å². The van der Waals surface area contributed by atoms with Crippen LogP contribution in [0.5, 0.6) is 0 Å². The van der Waals surface area contributed by atoms with Crippen LogP contribution in [-0.4, -0.2) is 26.9 Å². The molecule has 0 unspecified atom stereocenters. The predicted molar refractivity (Wildman–Crippen MR) is 104 cm³/mol. The maximum absolute atomic E-state index is 12.7. The highest BCUT2D eigenvalue weighted by molar-refractivity contribution is 7.89. The van der Waals surface area contributed by atoms with Gasteiger partial charge in [-0.3, -0.25) is 4.79 Å². The molecule has 0 aliphatic carbocycles. The van der Waals surface area contributed by atoms with Crippen LogP contribution in [0.1, 0.15) is 20.3 Å². The lowest BCUT2D eigenvalue weighted by Gasteiger charge is -2.19. The number of nitrogens with one attached hydrogen (secondary N) is 2. The van der Waals surface area contributed by atoms with Gasteiger partial charge in [0.25, 0.3) is 0 Å². The number of amides is 1. The Morgan fingerprint density at radius 2 is 1.63 bits per heavy atom. The molecule has 0 fully saturated rings. The molecule has 1 atom stereocenters. The van der Waals surface area contributed by atoms with Crippen molar-refractivity contribution in [3.63, 3.8) is 0 Å². The van der Waals surface area contributed by atoms with Crippen LogP contribution in [0.15, 0.2) is 59.5 Å². The molecule has 27 heavy (non-hydrogen) atoms. The molecule has 2 aromatic rings. The summed E-state index contributed by atoms with van der Waals surface area (Å²) in [5.41, 5.74) is 1.89. The van der Waals surface area contributed by atoms with Crippen LogP contribution >= 0.6 is 0 Å². The zero-order valence-electron chi connectivity index (χ0n) is 15.3. The first-order chi connectivity index (χ1) is 12.8. The van der Waals surface area contributed by atoms with E-state index in [4.69, 9.17) is 5.26 Å². The number of hydrogen-bond donors (Lipinski definition) is 2. The van der Waals surface area contributed by atoms with Gasteiger partial charge in [0.05, 0.1) is 11.0 Å². The number of carbonyl (C=O) groups is 1. The minimum absolute atomic E-state index is 0.0871. The van der Waals surface area contributed by atoms with Gasteiger partial charge in [-0.15, -0.1) is 0 Å². The van der Waals surface area contributed by atoms with Crippen molar-refractivity contribution in [2.45, 2.75) is 31.2 Å². The third kappa shape index (κ3) is 5.91. The lowest BCUT2D eigenvalue weighted by atomic mass is 10.0. The van der Waals surface area contributed by atoms with Gasteiger partial charge in [-0.05, 0) is 35.6 Å². The van der Waals surface area contributed by atoms with E-state index in [1.807, 2.05) is 50.2 Å². The summed E-state index contributed by atoms with van der Waals surface area (Å²) in [5, 5.41) is 11.0. The van der Waals surface area contributed by atoms with Crippen LogP contribution in [-0.2, 0) is 14.8 Å². The zero-order chi connectivity index (χ0) is 19.9. The second-order valence-corrected chi connectivity index (χ2v) is 8.28. The summed E-state index contributed by atoms with van der Waals surface area (Å²) in [7, 11) is -3.87. The molecule has 0 aliphatic heterocycles. The Balaban J connectivity index is 2.20. The molecule has 1 amide bonds. The fraction of sp³-hybridized carbons (Fsp3) is 0.300. The number of rotatable bonds is 8. The van der Waals surface area contributed by atoms with Crippen molar-refractivity contribution < 1.29 is 13.2 Å². The van der Waals surface area contributed by atoms with E-state index in [1.54, 1.807) is 12.1 Å². The fourth-order valence-corrected chi connectivity index (χ4v) is 3.85. The monoisotopic (exact) mass is 385 g/mol. The largest absolute Gasteiger partial charge is 0.342 e. The first-order valence-electron chi connectivity index (χ1n) is 8.66. The van der Waals surface area contributed by atoms with Crippen molar-refractivity contribution in [2.24, 2.45) is 5.92 Å². The van der Waals surface area contributed by atoms with Crippen LogP contribution in [0.4, 0.5) is 0 Å². The second-order valence-electron chi connectivity index (χ2n) is 6.57. The highest BCUT2D eigenvalue weighted by atomic mass is 32.2. The fourth-order valence-electron chi connectivity index (χ4n) is 2.64. The number of hydrogen-bond acceptors (Lipinski definition) is 4. The average molecular weight is 385 g/mol. The van der Waals surface area contributed by atoms with E-state index in [0.29, 0.717) is 6.42 Å². The summed E-state index contributed by atoms with van der Waals surface area (Å²) in [5.74, 6) is -0.402. The van der Waals surface area contributed by atoms with E-state index >= 15 is 0 Å². The molecule has 2 rings (SSSR count). The molecule has 0 aliphatic rings. The Labute approximate surface area is 160 Å². The third-order valence-corrected chi connectivity index (χ3v) is 5.42. The lowest BCUT2D eigenvalue weighted by Crippen LogP contribution is -2.47. The van der Waals surface area contributed by atoms with E-state index in [9.17, 15) is 13.2 Å². The SMILES string of the molecule is CC(C)C[C@H](NS(=O)(=O)c1ccc(-c2ccccc2)cc1)C(=O)NCC#N. The molecule has 0 spiro atoms. The van der Waals surface area contributed by atoms with E-state index < -0.39 is 22.0 Å². The van der Waals surface area contributed by atoms with Crippen molar-refractivity contribution in [3.05, 3.63) is 54.6 Å². The van der Waals surface area contributed by atoms with Gasteiger partial charge < -0.3 is 5.32 Å². The quantitative estimate of drug-likeness (QED) is 0.683. The second kappa shape index (κ2) is 9.31. The van der Waals surface area contributed by atoms with Gasteiger partial charge in [-0.25, -0.2) is 8.42 Å². The van der Waals surface area contributed by atoms with Crippen molar-refractivity contribution in [1.29, 1.82) is 5.26 Å². The van der Waals surface area contributed by atoms with Crippen LogP contribution in [0, 0.1) is 17.2 Å². The van der Waals surface area contributed by atoms with Gasteiger partial charge >= 0.3 is 0 Å². The minimum atomic E-state index is -3.87. The molecule has 0 saturated carbocycles. The molecule has 142 valence electrons. The summed E-state index contributed by atoms with van der Waals surface area (Å²) in [4.78, 5) is 12.3. The lowest BCUT2D eigenvalue weighted by molar-refractivity contribution is -0.122. The molecule has 6 nitrogen and oxygen atoms in total. The Hall–Kier alpha value is -2.69. The summed E-state index contributed by atoms with van der Waals surface area (Å²) in [6, 6.07) is 17.0. The minimum Gasteiger partial charge on any atom is -0.342 e. The first kappa shape index (κ1) is 20.6. The maximum Gasteiger partial charge on any atom is 0.241 e. The van der Waals surface area contributed by atoms with Gasteiger partial charge in [-0.1, -0.05) is 56.3 Å². The van der Waals surface area contributed by atoms with Crippen molar-refractivity contribution >= 4 is 15.9 Å². The molecule has 0 heterocycles. The van der Waals surface area contributed by atoms with Gasteiger partial charge in [0.1, 0.15) is 12.6 Å². The average Bonchev–Trinajstić information content (AvgIpc) is 2.66. The highest BCUT2D eigenvalue weighted by Crippen LogP contribution is 2.21. The summed E-state index contributed by atoms with van der Waals surface area (Å²) in [6.45, 7) is 3.63. The predicted octanol–water partition coefficient (Wildman–Crippen LogP) is 2.69. The molecule has 0 aromatic heterocycles. The molecule has 0 radical (unpaired) electrons. The van der Waals surface area contributed by atoms with Gasteiger partial charge in [0.15, 0.2) is 0 Å². The number of nitriles is 1. The van der Waals surface area contributed by atoms with Crippen molar-refractivity contribution in [2.75, 3.05) is 6.54 Å². The molecule has 2 aromatic carbocycles. The number of nitrogens with zero attached hydrogens (tertiary/aromatic N) is 1. The normalized spacial score (nSPS) is 12.4. The van der Waals surface area contributed by atoms with Crippen LogP contribution < -0.4 is 10.0 Å². The molecular weight excluding hydrogens is 362 g/mol. The van der Waals surface area contributed by atoms with Crippen LogP contribution in [0.3, 0.4) is 0 Å². The highest BCUT2D eigenvalue weighted by Gasteiger charge is 2.26. The topological polar surface area (TPSA) is 99.1 Å². The van der Waals surface area contributed by atoms with Crippen molar-refractivity contribution in [3.8, 4) is 17.2 Å². The Morgan fingerprint density at radius 1 is 1.04 bits per heavy atom. The van der Waals surface area contributed by atoms with Gasteiger partial charge in [-0.2, -0.15) is 9.98 Å². The Bertz CT molecular complexity index is 902. The standard InChI is InChI=1S/C20H23N3O3S/c1-15(2)14-19(20(24)22-13-12-21)23-27(25,26)18-10-8-17(9-11-18)16-6-4-3-5-7-16/h3-11,15,19,23H,13-14H2,1-2H3,(H,22,24)/t19-/m0/s1.